The number of nitrogens with zero attached hydrogens (tertiary/aromatic N) is 1. The van der Waals surface area contributed by atoms with Crippen molar-refractivity contribution in [3.05, 3.63) is 66.2 Å². The van der Waals surface area contributed by atoms with Crippen molar-refractivity contribution in [1.82, 2.24) is 9.97 Å². The van der Waals surface area contributed by atoms with Crippen molar-refractivity contribution in [3.63, 3.8) is 0 Å². The molecule has 0 saturated heterocycles. The molecule has 3 nitrogen and oxygen atoms in total. The van der Waals surface area contributed by atoms with E-state index in [0.717, 1.165) is 11.3 Å². The van der Waals surface area contributed by atoms with Crippen LogP contribution in [-0.4, -0.2) is 15.8 Å². The Morgan fingerprint density at radius 2 is 1.89 bits per heavy atom. The Hall–Kier alpha value is -2.42. The van der Waals surface area contributed by atoms with E-state index in [1.807, 2.05) is 18.2 Å². The summed E-state index contributed by atoms with van der Waals surface area (Å²) in [5, 5.41) is 2.38. The van der Waals surface area contributed by atoms with Crippen LogP contribution in [0.25, 0.3) is 10.8 Å². The first-order valence-electron chi connectivity index (χ1n) is 6.28. The number of fused-ring (bicyclic) bond motifs is 1. The predicted octanol–water partition coefficient (Wildman–Crippen LogP) is 2.92. The van der Waals surface area contributed by atoms with Crippen LogP contribution in [0.3, 0.4) is 0 Å². The third-order valence-corrected chi connectivity index (χ3v) is 3.16. The molecule has 3 heteroatoms. The molecule has 0 aliphatic heterocycles. The molecule has 0 aliphatic rings. The van der Waals surface area contributed by atoms with Crippen molar-refractivity contribution < 1.29 is 4.79 Å². The highest BCUT2D eigenvalue weighted by Crippen LogP contribution is 2.16. The fourth-order valence-electron chi connectivity index (χ4n) is 2.23. The summed E-state index contributed by atoms with van der Waals surface area (Å²) in [5.41, 5.74) is 1.93. The maximum atomic E-state index is 12.0. The molecule has 1 N–H and O–H groups in total. The van der Waals surface area contributed by atoms with Gasteiger partial charge in [0.2, 0.25) is 0 Å². The van der Waals surface area contributed by atoms with Gasteiger partial charge in [0.1, 0.15) is 5.78 Å². The quantitative estimate of drug-likeness (QED) is 0.773. The first-order chi connectivity index (χ1) is 9.31. The molecule has 0 radical (unpaired) electrons. The zero-order valence-electron chi connectivity index (χ0n) is 10.5. The molecule has 1 aromatic heterocycles. The van der Waals surface area contributed by atoms with E-state index < -0.39 is 0 Å². The summed E-state index contributed by atoms with van der Waals surface area (Å²) in [6, 6.07) is 14.3. The standard InChI is InChI=1S/C16H14N2O/c19-16(9-15-10-17-11-18-15)8-12-5-6-13-3-1-2-4-14(13)7-12/h1-7,10-11H,8-9H2,(H,17,18). The van der Waals surface area contributed by atoms with Crippen molar-refractivity contribution >= 4 is 16.6 Å². The lowest BCUT2D eigenvalue weighted by Crippen LogP contribution is -2.06. The number of rotatable bonds is 4. The molecule has 0 atom stereocenters. The van der Waals surface area contributed by atoms with E-state index in [9.17, 15) is 4.79 Å². The Kier molecular flexibility index (Phi) is 3.11. The minimum absolute atomic E-state index is 0.194. The number of ketones is 1. The molecule has 19 heavy (non-hydrogen) atoms. The first-order valence-corrected chi connectivity index (χ1v) is 6.28. The third kappa shape index (κ3) is 2.71. The van der Waals surface area contributed by atoms with Crippen LogP contribution in [-0.2, 0) is 17.6 Å². The summed E-state index contributed by atoms with van der Waals surface area (Å²) in [5.74, 6) is 0.194. The molecule has 1 heterocycles. The van der Waals surface area contributed by atoms with Gasteiger partial charge in [-0.2, -0.15) is 0 Å². The van der Waals surface area contributed by atoms with Gasteiger partial charge in [-0.15, -0.1) is 0 Å². The Morgan fingerprint density at radius 3 is 2.68 bits per heavy atom. The Morgan fingerprint density at radius 1 is 1.05 bits per heavy atom. The van der Waals surface area contributed by atoms with Crippen LogP contribution in [0.15, 0.2) is 55.0 Å². The summed E-state index contributed by atoms with van der Waals surface area (Å²) >= 11 is 0. The number of H-pyrrole nitrogens is 1. The minimum Gasteiger partial charge on any atom is -0.348 e. The second kappa shape index (κ2) is 5.06. The molecule has 0 spiro atoms. The Labute approximate surface area is 111 Å². The lowest BCUT2D eigenvalue weighted by molar-refractivity contribution is -0.117. The van der Waals surface area contributed by atoms with E-state index in [1.54, 1.807) is 12.5 Å². The van der Waals surface area contributed by atoms with Crippen molar-refractivity contribution in [1.29, 1.82) is 0 Å². The van der Waals surface area contributed by atoms with Gasteiger partial charge in [-0.25, -0.2) is 4.98 Å². The van der Waals surface area contributed by atoms with Gasteiger partial charge >= 0.3 is 0 Å². The zero-order chi connectivity index (χ0) is 13.1. The number of carbonyl (C=O) groups excluding carboxylic acids is 1. The topological polar surface area (TPSA) is 45.8 Å². The maximum Gasteiger partial charge on any atom is 0.143 e. The highest BCUT2D eigenvalue weighted by atomic mass is 16.1. The van der Waals surface area contributed by atoms with Crippen molar-refractivity contribution in [2.24, 2.45) is 0 Å². The number of benzene rings is 2. The molecule has 3 rings (SSSR count). The molecule has 0 amide bonds. The van der Waals surface area contributed by atoms with Gasteiger partial charge in [0, 0.05) is 24.7 Å². The van der Waals surface area contributed by atoms with E-state index in [-0.39, 0.29) is 5.78 Å². The number of nitrogens with one attached hydrogen (secondary N) is 1. The Balaban J connectivity index is 1.75. The second-order valence-corrected chi connectivity index (χ2v) is 4.65. The average Bonchev–Trinajstić information content (AvgIpc) is 2.91. The fourth-order valence-corrected chi connectivity index (χ4v) is 2.23. The molecule has 0 fully saturated rings. The molecule has 3 aromatic rings. The van der Waals surface area contributed by atoms with Crippen LogP contribution >= 0.6 is 0 Å². The van der Waals surface area contributed by atoms with Crippen LogP contribution in [0.2, 0.25) is 0 Å². The van der Waals surface area contributed by atoms with E-state index in [1.165, 1.54) is 10.8 Å². The lowest BCUT2D eigenvalue weighted by Gasteiger charge is -2.03. The van der Waals surface area contributed by atoms with Crippen LogP contribution in [0.4, 0.5) is 0 Å². The maximum absolute atomic E-state index is 12.0. The van der Waals surface area contributed by atoms with Crippen LogP contribution < -0.4 is 0 Å². The number of aromatic amines is 1. The summed E-state index contributed by atoms with van der Waals surface area (Å²) in [7, 11) is 0. The Bertz CT molecular complexity index is 702. The van der Waals surface area contributed by atoms with Gasteiger partial charge in [0.25, 0.3) is 0 Å². The number of carbonyl (C=O) groups is 1. The second-order valence-electron chi connectivity index (χ2n) is 4.65. The number of aromatic nitrogens is 2. The molecular formula is C16H14N2O. The van der Waals surface area contributed by atoms with Crippen LogP contribution in [0.1, 0.15) is 11.3 Å². The van der Waals surface area contributed by atoms with Crippen LogP contribution in [0.5, 0.6) is 0 Å². The van der Waals surface area contributed by atoms with Gasteiger partial charge in [0.15, 0.2) is 0 Å². The SMILES string of the molecule is O=C(Cc1ccc2ccccc2c1)Cc1cnc[nH]1. The molecule has 0 bridgehead atoms. The van der Waals surface area contributed by atoms with Crippen molar-refractivity contribution in [2.45, 2.75) is 12.8 Å². The lowest BCUT2D eigenvalue weighted by atomic mass is 10.0. The van der Waals surface area contributed by atoms with Gasteiger partial charge in [-0.1, -0.05) is 42.5 Å². The van der Waals surface area contributed by atoms with Gasteiger partial charge in [0.05, 0.1) is 6.33 Å². The zero-order valence-corrected chi connectivity index (χ0v) is 10.5. The predicted molar refractivity (Wildman–Crippen MR) is 75.0 cm³/mol. The summed E-state index contributed by atoms with van der Waals surface area (Å²) < 4.78 is 0. The highest BCUT2D eigenvalue weighted by Gasteiger charge is 2.06. The number of hydrogen-bond donors (Lipinski definition) is 1. The normalized spacial score (nSPS) is 10.7. The van der Waals surface area contributed by atoms with E-state index in [4.69, 9.17) is 0 Å². The molecule has 94 valence electrons. The monoisotopic (exact) mass is 250 g/mol. The summed E-state index contributed by atoms with van der Waals surface area (Å²) in [4.78, 5) is 18.8. The van der Waals surface area contributed by atoms with Crippen LogP contribution in [0, 0.1) is 0 Å². The fraction of sp³-hybridized carbons (Fsp3) is 0.125. The summed E-state index contributed by atoms with van der Waals surface area (Å²) in [6.45, 7) is 0. The largest absolute Gasteiger partial charge is 0.348 e. The molecule has 0 saturated carbocycles. The first kappa shape index (κ1) is 11.7. The molecular weight excluding hydrogens is 236 g/mol. The molecule has 0 aliphatic carbocycles. The molecule has 0 unspecified atom stereocenters. The smallest absolute Gasteiger partial charge is 0.143 e. The van der Waals surface area contributed by atoms with Gasteiger partial charge in [-0.05, 0) is 16.3 Å². The van der Waals surface area contributed by atoms with Gasteiger partial charge < -0.3 is 4.98 Å². The molecule has 2 aromatic carbocycles. The highest BCUT2D eigenvalue weighted by molar-refractivity contribution is 5.86. The van der Waals surface area contributed by atoms with Gasteiger partial charge in [-0.3, -0.25) is 4.79 Å². The van der Waals surface area contributed by atoms with E-state index in [0.29, 0.717) is 12.8 Å². The number of imidazole rings is 1. The minimum atomic E-state index is 0.194. The van der Waals surface area contributed by atoms with Crippen molar-refractivity contribution in [3.8, 4) is 0 Å². The average molecular weight is 250 g/mol. The third-order valence-electron chi connectivity index (χ3n) is 3.16. The van der Waals surface area contributed by atoms with E-state index in [2.05, 4.69) is 34.2 Å². The van der Waals surface area contributed by atoms with E-state index >= 15 is 0 Å². The number of Topliss-reactive ketones (excluding diaryl/α,β-unsaturated/α-hetero) is 1. The van der Waals surface area contributed by atoms with Crippen molar-refractivity contribution in [2.75, 3.05) is 0 Å². The summed E-state index contributed by atoms with van der Waals surface area (Å²) in [6.07, 6.45) is 4.16. The number of hydrogen-bond acceptors (Lipinski definition) is 2.